The Hall–Kier alpha value is -4.29. The van der Waals surface area contributed by atoms with E-state index in [9.17, 15) is 24.3 Å². The number of aryl methyl sites for hydroxylation is 2. The number of phenols is 1. The molecule has 0 saturated heterocycles. The van der Waals surface area contributed by atoms with E-state index in [1.54, 1.807) is 12.1 Å². The highest BCUT2D eigenvalue weighted by molar-refractivity contribution is 5.95. The van der Waals surface area contributed by atoms with E-state index in [0.717, 1.165) is 22.3 Å². The first-order valence-electron chi connectivity index (χ1n) is 15.8. The molecule has 2 rings (SSSR count). The number of nitrogens with zero attached hydrogens (tertiary/aromatic N) is 1. The van der Waals surface area contributed by atoms with Crippen LogP contribution in [-0.4, -0.2) is 59.6 Å². The van der Waals surface area contributed by atoms with Crippen molar-refractivity contribution in [3.63, 3.8) is 0 Å². The van der Waals surface area contributed by atoms with E-state index >= 15 is 0 Å². The van der Waals surface area contributed by atoms with Crippen molar-refractivity contribution in [3.05, 3.63) is 64.7 Å². The number of amides is 2. The molecule has 12 nitrogen and oxygen atoms in total. The maximum atomic E-state index is 14.0. The van der Waals surface area contributed by atoms with E-state index in [1.165, 1.54) is 0 Å². The van der Waals surface area contributed by atoms with Crippen LogP contribution in [0.5, 0.6) is 5.75 Å². The molecule has 0 spiro atoms. The van der Waals surface area contributed by atoms with Gasteiger partial charge in [0.2, 0.25) is 11.8 Å². The molecule has 252 valence electrons. The number of hydrogen-bond donors (Lipinski definition) is 7. The molecule has 0 aromatic heterocycles. The van der Waals surface area contributed by atoms with Crippen LogP contribution in [-0.2, 0) is 32.0 Å². The highest BCUT2D eigenvalue weighted by Gasteiger charge is 2.32. The predicted octanol–water partition coefficient (Wildman–Crippen LogP) is 1.43. The van der Waals surface area contributed by atoms with Crippen LogP contribution in [0, 0.1) is 25.7 Å². The van der Waals surface area contributed by atoms with Gasteiger partial charge in [0.15, 0.2) is 17.5 Å². The van der Waals surface area contributed by atoms with Crippen molar-refractivity contribution < 1.29 is 24.3 Å². The van der Waals surface area contributed by atoms with Crippen LogP contribution >= 0.6 is 0 Å². The summed E-state index contributed by atoms with van der Waals surface area (Å²) >= 11 is 0. The topological polar surface area (TPSA) is 243 Å². The van der Waals surface area contributed by atoms with Crippen LogP contribution < -0.4 is 34.0 Å². The van der Waals surface area contributed by atoms with Crippen LogP contribution in [0.4, 0.5) is 0 Å². The molecule has 0 aliphatic heterocycles. The molecule has 2 aromatic rings. The number of nitrogens with one attached hydrogen (secondary N) is 1. The summed E-state index contributed by atoms with van der Waals surface area (Å²) in [6.07, 6.45) is 2.44. The first kappa shape index (κ1) is 37.9. The summed E-state index contributed by atoms with van der Waals surface area (Å²) in [4.78, 5) is 57.6. The van der Waals surface area contributed by atoms with Crippen LogP contribution in [0.3, 0.4) is 0 Å². The number of nitrogens with two attached hydrogens (primary N) is 5. The lowest BCUT2D eigenvalue weighted by atomic mass is 9.86. The highest BCUT2D eigenvalue weighted by Crippen LogP contribution is 2.26. The number of carbonyl (C=O) groups is 4. The van der Waals surface area contributed by atoms with Crippen molar-refractivity contribution in [2.75, 3.05) is 13.1 Å². The molecule has 0 aliphatic rings. The van der Waals surface area contributed by atoms with Crippen LogP contribution in [0.2, 0.25) is 0 Å². The summed E-state index contributed by atoms with van der Waals surface area (Å²) in [7, 11) is 0. The van der Waals surface area contributed by atoms with Crippen LogP contribution in [0.25, 0.3) is 0 Å². The summed E-state index contributed by atoms with van der Waals surface area (Å²) in [5.74, 6) is -3.55. The number of benzene rings is 2. The van der Waals surface area contributed by atoms with Crippen molar-refractivity contribution in [2.24, 2.45) is 45.5 Å². The largest absolute Gasteiger partial charge is 0.508 e. The predicted molar refractivity (Wildman–Crippen MR) is 180 cm³/mol. The molecule has 2 amide bonds. The van der Waals surface area contributed by atoms with Crippen LogP contribution in [0.15, 0.2) is 47.5 Å². The van der Waals surface area contributed by atoms with Crippen LogP contribution in [0.1, 0.15) is 67.2 Å². The quantitative estimate of drug-likeness (QED) is 0.0594. The van der Waals surface area contributed by atoms with Gasteiger partial charge in [0.05, 0.1) is 6.04 Å². The Morgan fingerprint density at radius 1 is 0.804 bits per heavy atom. The summed E-state index contributed by atoms with van der Waals surface area (Å²) in [5.41, 5.74) is 31.4. The normalized spacial score (nSPS) is 13.7. The number of hydrogen-bond acceptors (Lipinski definition) is 8. The average molecular weight is 638 g/mol. The van der Waals surface area contributed by atoms with Crippen molar-refractivity contribution in [3.8, 4) is 5.75 Å². The minimum Gasteiger partial charge on any atom is -0.508 e. The van der Waals surface area contributed by atoms with Gasteiger partial charge >= 0.3 is 0 Å². The molecule has 2 aromatic carbocycles. The molecule has 12 N–H and O–H groups in total. The second-order valence-corrected chi connectivity index (χ2v) is 11.9. The van der Waals surface area contributed by atoms with E-state index in [2.05, 4.69) is 10.3 Å². The number of Topliss-reactive ketones (excluding diaryl/α,β-unsaturated/α-hetero) is 2. The fraction of sp³-hybridized carbons (Fsp3) is 0.500. The fourth-order valence-corrected chi connectivity index (χ4v) is 5.62. The van der Waals surface area contributed by atoms with Gasteiger partial charge in [-0.25, -0.2) is 4.99 Å². The smallest absolute Gasteiger partial charge is 0.224 e. The Morgan fingerprint density at radius 2 is 1.41 bits per heavy atom. The standard InChI is InChI=1S/C34H51N7O5/c1-21-15-26(42)16-22(2)27(21)18-25(20-31(44)29(12-8-14-36)41-34(38)39)33(46)40-28(11-6-7-13-35)30(43)19-24(32(37)45)17-23-9-4-3-5-10-23/h3-5,9-10,15-16,24-25,28-29,42H,6-8,11-14,17-20,35-36H2,1-2H3,(H2,37,45)(H,40,46)(H4,38,39,41)/t24-,25-,28+,29-/m1/s1. The van der Waals surface area contributed by atoms with Gasteiger partial charge in [-0.2, -0.15) is 0 Å². The van der Waals surface area contributed by atoms with Gasteiger partial charge in [-0.3, -0.25) is 19.2 Å². The fourth-order valence-electron chi connectivity index (χ4n) is 5.62. The molecule has 4 atom stereocenters. The summed E-state index contributed by atoms with van der Waals surface area (Å²) < 4.78 is 0. The van der Waals surface area contributed by atoms with Crippen molar-refractivity contribution >= 4 is 29.3 Å². The van der Waals surface area contributed by atoms with Gasteiger partial charge in [-0.15, -0.1) is 0 Å². The molecule has 0 fully saturated rings. The Labute approximate surface area is 271 Å². The molecule has 12 heteroatoms. The average Bonchev–Trinajstić information content (AvgIpc) is 2.99. The number of aliphatic imine (C=N–C) groups is 1. The molecule has 0 bridgehead atoms. The van der Waals surface area contributed by atoms with Gasteiger partial charge in [0.1, 0.15) is 11.8 Å². The van der Waals surface area contributed by atoms with Gasteiger partial charge in [0, 0.05) is 24.7 Å². The molecule has 0 radical (unpaired) electrons. The second kappa shape index (κ2) is 19.3. The third-order valence-corrected chi connectivity index (χ3v) is 8.13. The van der Waals surface area contributed by atoms with E-state index in [0.29, 0.717) is 45.2 Å². The Bertz CT molecular complexity index is 1320. The van der Waals surface area contributed by atoms with Crippen molar-refractivity contribution in [2.45, 2.75) is 83.7 Å². The Morgan fingerprint density at radius 3 is 1.98 bits per heavy atom. The molecular weight excluding hydrogens is 586 g/mol. The van der Waals surface area contributed by atoms with E-state index in [-0.39, 0.29) is 49.0 Å². The zero-order valence-corrected chi connectivity index (χ0v) is 27.0. The lowest BCUT2D eigenvalue weighted by molar-refractivity contribution is -0.133. The number of phenolic OH excluding ortho intramolecular Hbond substituents is 1. The first-order valence-corrected chi connectivity index (χ1v) is 15.8. The van der Waals surface area contributed by atoms with Gasteiger partial charge in [0.25, 0.3) is 0 Å². The molecule has 0 aliphatic carbocycles. The van der Waals surface area contributed by atoms with E-state index in [4.69, 9.17) is 28.7 Å². The first-order chi connectivity index (χ1) is 21.9. The molecule has 0 heterocycles. The SMILES string of the molecule is Cc1cc(O)cc(C)c1C[C@H](CC(=O)[C@@H](CCCN)N=C(N)N)C(=O)N[C@@H](CCCCN)C(=O)C[C@@H](Cc1ccccc1)C(N)=O. The second-order valence-electron chi connectivity index (χ2n) is 11.9. The van der Waals surface area contributed by atoms with Gasteiger partial charge in [-0.05, 0) is 106 Å². The van der Waals surface area contributed by atoms with E-state index in [1.807, 2.05) is 44.2 Å². The van der Waals surface area contributed by atoms with Crippen molar-refractivity contribution in [1.29, 1.82) is 0 Å². The zero-order valence-electron chi connectivity index (χ0n) is 27.0. The van der Waals surface area contributed by atoms with E-state index < -0.39 is 35.7 Å². The van der Waals surface area contributed by atoms with Gasteiger partial charge < -0.3 is 39.1 Å². The van der Waals surface area contributed by atoms with Crippen molar-refractivity contribution in [1.82, 2.24) is 5.32 Å². The molecule has 0 saturated carbocycles. The lowest BCUT2D eigenvalue weighted by Crippen LogP contribution is -2.46. The number of unbranched alkanes of at least 4 members (excludes halogenated alkanes) is 1. The Balaban J connectivity index is 2.39. The number of carbonyl (C=O) groups excluding carboxylic acids is 4. The summed E-state index contributed by atoms with van der Waals surface area (Å²) in [6.45, 7) is 4.39. The molecule has 46 heavy (non-hydrogen) atoms. The van der Waals surface area contributed by atoms with Gasteiger partial charge in [-0.1, -0.05) is 30.3 Å². The zero-order chi connectivity index (χ0) is 34.2. The number of rotatable bonds is 21. The third kappa shape index (κ3) is 12.6. The maximum absolute atomic E-state index is 14.0. The number of aromatic hydroxyl groups is 1. The third-order valence-electron chi connectivity index (χ3n) is 8.13. The minimum atomic E-state index is -0.915. The lowest BCUT2D eigenvalue weighted by Gasteiger charge is -2.25. The Kier molecular flexibility index (Phi) is 15.9. The highest BCUT2D eigenvalue weighted by atomic mass is 16.3. The molecule has 0 unspecified atom stereocenters. The number of guanidine groups is 1. The maximum Gasteiger partial charge on any atom is 0.224 e. The molecular formula is C34H51N7O5. The number of primary amides is 1. The monoisotopic (exact) mass is 637 g/mol. The summed E-state index contributed by atoms with van der Waals surface area (Å²) in [5, 5.41) is 13.0. The number of ketones is 2. The minimum absolute atomic E-state index is 0.0931. The summed E-state index contributed by atoms with van der Waals surface area (Å²) in [6, 6.07) is 10.7.